The number of hydrogen-bond acceptors (Lipinski definition) is 10. The van der Waals surface area contributed by atoms with Crippen LogP contribution in [0, 0.1) is 11.3 Å². The zero-order chi connectivity index (χ0) is 23.9. The van der Waals surface area contributed by atoms with Crippen molar-refractivity contribution in [2.24, 2.45) is 0 Å². The molecule has 2 N–H and O–H groups in total. The lowest BCUT2D eigenvalue weighted by atomic mass is 9.96. The van der Waals surface area contributed by atoms with Crippen LogP contribution < -0.4 is 5.73 Å². The van der Waals surface area contributed by atoms with E-state index in [1.54, 1.807) is 30.5 Å². The number of aromatic nitrogens is 3. The minimum absolute atomic E-state index is 0.0404. The zero-order valence-corrected chi connectivity index (χ0v) is 18.6. The molecule has 34 heavy (non-hydrogen) atoms. The van der Waals surface area contributed by atoms with E-state index in [1.807, 2.05) is 30.3 Å². The number of anilines is 1. The summed E-state index contributed by atoms with van der Waals surface area (Å²) in [7, 11) is 0. The van der Waals surface area contributed by atoms with Gasteiger partial charge in [-0.25, -0.2) is 14.3 Å². The second kappa shape index (κ2) is 8.25. The molecule has 2 aliphatic heterocycles. The van der Waals surface area contributed by atoms with Crippen molar-refractivity contribution >= 4 is 17.5 Å². The summed E-state index contributed by atoms with van der Waals surface area (Å²) in [6.45, 7) is 3.12. The minimum Gasteiger partial charge on any atom is -0.430 e. The quantitative estimate of drug-likeness (QED) is 0.558. The van der Waals surface area contributed by atoms with Crippen LogP contribution in [-0.4, -0.2) is 51.0 Å². The van der Waals surface area contributed by atoms with E-state index in [0.29, 0.717) is 17.0 Å². The first kappa shape index (κ1) is 22.1. The van der Waals surface area contributed by atoms with Gasteiger partial charge in [0, 0.05) is 0 Å². The first-order valence-electron chi connectivity index (χ1n) is 10.7. The molecule has 11 heteroatoms. The van der Waals surface area contributed by atoms with Crippen LogP contribution in [-0.2, 0) is 30.3 Å². The standard InChI is InChI=1S/C23H23N5O6/c1-22(2)32-18-17(15-8-9-16-20(25)26-13-27-28(15)16)33-23(11-24,19(18)34-22)12-31-21(29)30-10-14-6-4-3-5-7-14/h3-9,13,17-19H,10,12H2,1-2H3,(H2,25,26,27)/t17-,18-,19-,23+/m0/s1. The van der Waals surface area contributed by atoms with Crippen LogP contribution in [0.25, 0.3) is 5.52 Å². The van der Waals surface area contributed by atoms with Crippen LogP contribution in [0.2, 0.25) is 0 Å². The molecule has 2 fully saturated rings. The Bertz CT molecular complexity index is 1260. The van der Waals surface area contributed by atoms with Gasteiger partial charge in [-0.2, -0.15) is 10.4 Å². The van der Waals surface area contributed by atoms with Gasteiger partial charge in [0.2, 0.25) is 5.60 Å². The Morgan fingerprint density at radius 3 is 2.74 bits per heavy atom. The number of rotatable bonds is 5. The molecule has 0 aliphatic carbocycles. The summed E-state index contributed by atoms with van der Waals surface area (Å²) in [5.41, 5.74) is 6.33. The van der Waals surface area contributed by atoms with Crippen molar-refractivity contribution in [3.63, 3.8) is 0 Å². The van der Waals surface area contributed by atoms with E-state index in [1.165, 1.54) is 6.33 Å². The van der Waals surface area contributed by atoms with Gasteiger partial charge in [0.25, 0.3) is 0 Å². The van der Waals surface area contributed by atoms with Gasteiger partial charge in [0.15, 0.2) is 11.6 Å². The fraction of sp³-hybridized carbons (Fsp3) is 0.391. The molecule has 0 unspecified atom stereocenters. The molecule has 0 radical (unpaired) electrons. The Labute approximate surface area is 194 Å². The normalized spacial score (nSPS) is 27.3. The molecular formula is C23H23N5O6. The van der Waals surface area contributed by atoms with Crippen molar-refractivity contribution < 1.29 is 28.5 Å². The summed E-state index contributed by atoms with van der Waals surface area (Å²) in [5.74, 6) is -0.676. The lowest BCUT2D eigenvalue weighted by Gasteiger charge is -2.28. The van der Waals surface area contributed by atoms with Crippen molar-refractivity contribution in [1.29, 1.82) is 5.26 Å². The Hall–Kier alpha value is -3.72. The van der Waals surface area contributed by atoms with E-state index >= 15 is 0 Å². The van der Waals surface area contributed by atoms with Gasteiger partial charge in [0.1, 0.15) is 49.4 Å². The summed E-state index contributed by atoms with van der Waals surface area (Å²) < 4.78 is 30.4. The Morgan fingerprint density at radius 1 is 1.18 bits per heavy atom. The van der Waals surface area contributed by atoms with Gasteiger partial charge in [0.05, 0.1) is 5.69 Å². The van der Waals surface area contributed by atoms with E-state index in [-0.39, 0.29) is 6.61 Å². The average molecular weight is 465 g/mol. The van der Waals surface area contributed by atoms with Crippen LogP contribution in [0.4, 0.5) is 10.6 Å². The molecule has 4 atom stereocenters. The van der Waals surface area contributed by atoms with Crippen molar-refractivity contribution in [3.05, 3.63) is 60.0 Å². The third-order valence-corrected chi connectivity index (χ3v) is 5.82. The maximum atomic E-state index is 12.3. The number of nitrogen functional groups attached to an aromatic ring is 1. The molecule has 0 spiro atoms. The monoisotopic (exact) mass is 465 g/mol. The SMILES string of the molecule is CC1(C)O[C@H]2[C@H](c3ccc4c(N)ncnn34)O[C@](C#N)(COC(=O)OCc3ccccc3)[C@H]2O1. The fourth-order valence-corrected chi connectivity index (χ4v) is 4.31. The summed E-state index contributed by atoms with van der Waals surface area (Å²) in [6, 6.07) is 14.9. The highest BCUT2D eigenvalue weighted by Crippen LogP contribution is 2.50. The second-order valence-electron chi connectivity index (χ2n) is 8.57. The first-order valence-corrected chi connectivity index (χ1v) is 10.7. The molecule has 0 bridgehead atoms. The Morgan fingerprint density at radius 2 is 1.97 bits per heavy atom. The van der Waals surface area contributed by atoms with Crippen molar-refractivity contribution in [2.75, 3.05) is 12.3 Å². The molecule has 0 amide bonds. The number of nitrogens with two attached hydrogens (primary N) is 1. The molecule has 2 saturated heterocycles. The van der Waals surface area contributed by atoms with Crippen LogP contribution >= 0.6 is 0 Å². The van der Waals surface area contributed by atoms with Crippen LogP contribution in [0.3, 0.4) is 0 Å². The molecule has 4 heterocycles. The zero-order valence-electron chi connectivity index (χ0n) is 18.6. The highest BCUT2D eigenvalue weighted by atomic mass is 16.8. The third kappa shape index (κ3) is 3.81. The topological polar surface area (TPSA) is 143 Å². The van der Waals surface area contributed by atoms with E-state index in [0.717, 1.165) is 5.56 Å². The number of hydrogen-bond donors (Lipinski definition) is 1. The maximum Gasteiger partial charge on any atom is 0.508 e. The van der Waals surface area contributed by atoms with E-state index in [9.17, 15) is 10.1 Å². The van der Waals surface area contributed by atoms with Gasteiger partial charge in [-0.05, 0) is 31.5 Å². The number of carbonyl (C=O) groups excluding carboxylic acids is 1. The first-order chi connectivity index (χ1) is 16.3. The smallest absolute Gasteiger partial charge is 0.430 e. The molecule has 1 aromatic carbocycles. The van der Waals surface area contributed by atoms with Gasteiger partial charge in [-0.15, -0.1) is 0 Å². The predicted octanol–water partition coefficient (Wildman–Crippen LogP) is 2.52. The number of ether oxygens (including phenoxy) is 5. The van der Waals surface area contributed by atoms with E-state index in [2.05, 4.69) is 16.2 Å². The maximum absolute atomic E-state index is 12.3. The number of benzene rings is 1. The molecule has 176 valence electrons. The molecular weight excluding hydrogens is 442 g/mol. The van der Waals surface area contributed by atoms with Gasteiger partial charge < -0.3 is 29.4 Å². The lowest BCUT2D eigenvalue weighted by molar-refractivity contribution is -0.205. The Balaban J connectivity index is 1.38. The van der Waals surface area contributed by atoms with Gasteiger partial charge >= 0.3 is 6.16 Å². The van der Waals surface area contributed by atoms with Crippen LogP contribution in [0.1, 0.15) is 31.2 Å². The molecule has 2 aromatic heterocycles. The number of fused-ring (bicyclic) bond motifs is 2. The van der Waals surface area contributed by atoms with Crippen molar-refractivity contribution in [3.8, 4) is 6.07 Å². The van der Waals surface area contributed by atoms with Crippen LogP contribution in [0.5, 0.6) is 0 Å². The Kier molecular flexibility index (Phi) is 5.36. The highest BCUT2D eigenvalue weighted by Gasteiger charge is 2.65. The second-order valence-corrected chi connectivity index (χ2v) is 8.57. The number of carbonyl (C=O) groups is 1. The summed E-state index contributed by atoms with van der Waals surface area (Å²) >= 11 is 0. The third-order valence-electron chi connectivity index (χ3n) is 5.82. The number of nitriles is 1. The average Bonchev–Trinajstić information content (AvgIpc) is 3.48. The molecule has 0 saturated carbocycles. The lowest BCUT2D eigenvalue weighted by Crippen LogP contribution is -2.46. The molecule has 11 nitrogen and oxygen atoms in total. The van der Waals surface area contributed by atoms with Gasteiger partial charge in [-0.1, -0.05) is 30.3 Å². The van der Waals surface area contributed by atoms with Gasteiger partial charge in [-0.3, -0.25) is 0 Å². The fourth-order valence-electron chi connectivity index (χ4n) is 4.31. The van der Waals surface area contributed by atoms with E-state index in [4.69, 9.17) is 29.4 Å². The van der Waals surface area contributed by atoms with E-state index < -0.39 is 42.5 Å². The minimum atomic E-state index is -1.63. The molecule has 5 rings (SSSR count). The van der Waals surface area contributed by atoms with Crippen molar-refractivity contribution in [2.45, 2.75) is 50.2 Å². The summed E-state index contributed by atoms with van der Waals surface area (Å²) in [5, 5.41) is 14.4. The molecule has 2 aliphatic rings. The van der Waals surface area contributed by atoms with Crippen molar-refractivity contribution in [1.82, 2.24) is 14.6 Å². The largest absolute Gasteiger partial charge is 0.508 e. The summed E-state index contributed by atoms with van der Waals surface area (Å²) in [4.78, 5) is 16.3. The number of nitrogens with zero attached hydrogens (tertiary/aromatic N) is 4. The highest BCUT2D eigenvalue weighted by molar-refractivity contribution is 5.65. The summed E-state index contributed by atoms with van der Waals surface area (Å²) in [6.07, 6.45) is -1.82. The van der Waals surface area contributed by atoms with Crippen LogP contribution in [0.15, 0.2) is 48.8 Å². The molecule has 3 aromatic rings. The predicted molar refractivity (Wildman–Crippen MR) is 116 cm³/mol.